The molecule has 0 aliphatic rings. The van der Waals surface area contributed by atoms with Gasteiger partial charge in [-0.1, -0.05) is 36.4 Å². The summed E-state index contributed by atoms with van der Waals surface area (Å²) < 4.78 is 0. The van der Waals surface area contributed by atoms with E-state index in [4.69, 9.17) is 0 Å². The van der Waals surface area contributed by atoms with E-state index in [1.165, 1.54) is 11.1 Å². The van der Waals surface area contributed by atoms with Crippen LogP contribution in [-0.4, -0.2) is 0 Å². The summed E-state index contributed by atoms with van der Waals surface area (Å²) in [6.45, 7) is 3.91. The maximum atomic E-state index is 3.91. The van der Waals surface area contributed by atoms with E-state index in [0.717, 1.165) is 5.75 Å². The SMILES string of the molecule is C=C[C@H](SCc1ccccc1)c1ccsc1. The summed E-state index contributed by atoms with van der Waals surface area (Å²) in [5.41, 5.74) is 2.73. The van der Waals surface area contributed by atoms with Gasteiger partial charge in [-0.15, -0.1) is 18.3 Å². The highest BCUT2D eigenvalue weighted by atomic mass is 32.2. The van der Waals surface area contributed by atoms with Gasteiger partial charge in [-0.3, -0.25) is 0 Å². The molecule has 0 aliphatic carbocycles. The average molecular weight is 246 g/mol. The molecule has 2 heteroatoms. The largest absolute Gasteiger partial charge is 0.152 e. The third kappa shape index (κ3) is 3.00. The van der Waals surface area contributed by atoms with Crippen molar-refractivity contribution in [1.29, 1.82) is 0 Å². The van der Waals surface area contributed by atoms with E-state index < -0.39 is 0 Å². The molecule has 1 aromatic heterocycles. The van der Waals surface area contributed by atoms with Gasteiger partial charge < -0.3 is 0 Å². The van der Waals surface area contributed by atoms with Crippen LogP contribution in [0, 0.1) is 0 Å². The van der Waals surface area contributed by atoms with Crippen molar-refractivity contribution in [3.05, 3.63) is 70.9 Å². The van der Waals surface area contributed by atoms with Crippen LogP contribution in [0.5, 0.6) is 0 Å². The molecule has 2 aromatic rings. The van der Waals surface area contributed by atoms with Crippen LogP contribution in [-0.2, 0) is 5.75 Å². The van der Waals surface area contributed by atoms with Crippen LogP contribution in [0.3, 0.4) is 0 Å². The molecule has 0 saturated carbocycles. The molecule has 1 aromatic carbocycles. The van der Waals surface area contributed by atoms with E-state index in [0.29, 0.717) is 5.25 Å². The maximum absolute atomic E-state index is 3.91. The summed E-state index contributed by atoms with van der Waals surface area (Å²) in [6, 6.07) is 12.7. The molecule has 0 N–H and O–H groups in total. The average Bonchev–Trinajstić information content (AvgIpc) is 2.85. The molecule has 2 rings (SSSR count). The Labute approximate surface area is 105 Å². The molecule has 1 heterocycles. The lowest BCUT2D eigenvalue weighted by atomic mass is 10.2. The summed E-state index contributed by atoms with van der Waals surface area (Å²) >= 11 is 3.66. The lowest BCUT2D eigenvalue weighted by molar-refractivity contribution is 1.24. The van der Waals surface area contributed by atoms with Crippen molar-refractivity contribution in [2.75, 3.05) is 0 Å². The normalized spacial score (nSPS) is 12.2. The van der Waals surface area contributed by atoms with E-state index in [-0.39, 0.29) is 0 Å². The van der Waals surface area contributed by atoms with Crippen molar-refractivity contribution < 1.29 is 0 Å². The fourth-order valence-corrected chi connectivity index (χ4v) is 3.32. The Morgan fingerprint density at radius 2 is 2.06 bits per heavy atom. The van der Waals surface area contributed by atoms with Gasteiger partial charge in [-0.25, -0.2) is 0 Å². The van der Waals surface area contributed by atoms with Gasteiger partial charge in [-0.2, -0.15) is 11.3 Å². The van der Waals surface area contributed by atoms with Crippen molar-refractivity contribution in [2.45, 2.75) is 11.0 Å². The Morgan fingerprint density at radius 3 is 2.69 bits per heavy atom. The molecular formula is C14H14S2. The molecule has 0 aliphatic heterocycles. The lowest BCUT2D eigenvalue weighted by Gasteiger charge is -2.10. The Morgan fingerprint density at radius 1 is 1.25 bits per heavy atom. The first-order valence-electron chi connectivity index (χ1n) is 5.20. The fourth-order valence-electron chi connectivity index (χ4n) is 1.50. The summed E-state index contributed by atoms with van der Waals surface area (Å²) in [4.78, 5) is 0. The predicted molar refractivity (Wildman–Crippen MR) is 75.0 cm³/mol. The Kier molecular flexibility index (Phi) is 4.25. The number of hydrogen-bond donors (Lipinski definition) is 0. The topological polar surface area (TPSA) is 0 Å². The van der Waals surface area contributed by atoms with Gasteiger partial charge in [0.05, 0.1) is 0 Å². The van der Waals surface area contributed by atoms with Crippen LogP contribution in [0.25, 0.3) is 0 Å². The van der Waals surface area contributed by atoms with Gasteiger partial charge >= 0.3 is 0 Å². The van der Waals surface area contributed by atoms with Crippen molar-refractivity contribution in [3.63, 3.8) is 0 Å². The monoisotopic (exact) mass is 246 g/mol. The first-order chi connectivity index (χ1) is 7.90. The zero-order chi connectivity index (χ0) is 11.2. The zero-order valence-electron chi connectivity index (χ0n) is 9.00. The molecule has 82 valence electrons. The van der Waals surface area contributed by atoms with Crippen LogP contribution in [0.4, 0.5) is 0 Å². The first-order valence-corrected chi connectivity index (χ1v) is 7.19. The molecule has 0 radical (unpaired) electrons. The van der Waals surface area contributed by atoms with Gasteiger partial charge in [0.2, 0.25) is 0 Å². The van der Waals surface area contributed by atoms with E-state index in [1.807, 2.05) is 17.8 Å². The first kappa shape index (κ1) is 11.5. The number of rotatable bonds is 5. The predicted octanol–water partition coefficient (Wildman–Crippen LogP) is 4.91. The molecule has 16 heavy (non-hydrogen) atoms. The molecule has 0 nitrogen and oxygen atoms in total. The molecular weight excluding hydrogens is 232 g/mol. The minimum Gasteiger partial charge on any atom is -0.152 e. The number of thioether (sulfide) groups is 1. The van der Waals surface area contributed by atoms with E-state index >= 15 is 0 Å². The smallest absolute Gasteiger partial charge is 0.0486 e. The second-order valence-electron chi connectivity index (χ2n) is 3.51. The maximum Gasteiger partial charge on any atom is 0.0486 e. The second-order valence-corrected chi connectivity index (χ2v) is 5.42. The molecule has 0 saturated heterocycles. The zero-order valence-corrected chi connectivity index (χ0v) is 10.6. The minimum absolute atomic E-state index is 0.409. The Balaban J connectivity index is 1.96. The Bertz CT molecular complexity index is 417. The van der Waals surface area contributed by atoms with Crippen molar-refractivity contribution >= 4 is 23.1 Å². The van der Waals surface area contributed by atoms with Gasteiger partial charge in [0.25, 0.3) is 0 Å². The van der Waals surface area contributed by atoms with Crippen LogP contribution in [0.2, 0.25) is 0 Å². The molecule has 0 amide bonds. The van der Waals surface area contributed by atoms with Crippen molar-refractivity contribution in [1.82, 2.24) is 0 Å². The standard InChI is InChI=1S/C14H14S2/c1-2-14(13-8-9-15-11-13)16-10-12-6-4-3-5-7-12/h2-9,11,14H,1,10H2/t14-/m0/s1. The summed E-state index contributed by atoms with van der Waals surface area (Å²) in [6.07, 6.45) is 2.02. The lowest BCUT2D eigenvalue weighted by Crippen LogP contribution is -1.88. The van der Waals surface area contributed by atoms with Crippen molar-refractivity contribution in [3.8, 4) is 0 Å². The highest BCUT2D eigenvalue weighted by molar-refractivity contribution is 7.98. The second kappa shape index (κ2) is 5.92. The minimum atomic E-state index is 0.409. The third-order valence-electron chi connectivity index (χ3n) is 2.36. The van der Waals surface area contributed by atoms with E-state index in [2.05, 4.69) is 53.7 Å². The summed E-state index contributed by atoms with van der Waals surface area (Å²) in [5.74, 6) is 1.04. The molecule has 0 bridgehead atoms. The van der Waals surface area contributed by atoms with Crippen LogP contribution < -0.4 is 0 Å². The summed E-state index contributed by atoms with van der Waals surface area (Å²) in [5, 5.41) is 4.73. The number of thiophene rings is 1. The molecule has 1 atom stereocenters. The number of benzene rings is 1. The van der Waals surface area contributed by atoms with Crippen LogP contribution in [0.1, 0.15) is 16.4 Å². The quantitative estimate of drug-likeness (QED) is 0.676. The van der Waals surface area contributed by atoms with Gasteiger partial charge in [0.1, 0.15) is 0 Å². The van der Waals surface area contributed by atoms with Gasteiger partial charge in [0, 0.05) is 11.0 Å². The van der Waals surface area contributed by atoms with Crippen LogP contribution in [0.15, 0.2) is 59.8 Å². The van der Waals surface area contributed by atoms with Gasteiger partial charge in [-0.05, 0) is 28.0 Å². The highest BCUT2D eigenvalue weighted by Gasteiger charge is 2.08. The number of hydrogen-bond acceptors (Lipinski definition) is 2. The van der Waals surface area contributed by atoms with E-state index in [1.54, 1.807) is 11.3 Å². The highest BCUT2D eigenvalue weighted by Crippen LogP contribution is 2.33. The van der Waals surface area contributed by atoms with Crippen molar-refractivity contribution in [2.24, 2.45) is 0 Å². The van der Waals surface area contributed by atoms with Gasteiger partial charge in [0.15, 0.2) is 0 Å². The fraction of sp³-hybridized carbons (Fsp3) is 0.143. The third-order valence-corrected chi connectivity index (χ3v) is 4.38. The summed E-state index contributed by atoms with van der Waals surface area (Å²) in [7, 11) is 0. The molecule has 0 fully saturated rings. The Hall–Kier alpha value is -0.990. The molecule has 0 spiro atoms. The molecule has 0 unspecified atom stereocenters. The van der Waals surface area contributed by atoms with Crippen LogP contribution >= 0.6 is 23.1 Å². The van der Waals surface area contributed by atoms with E-state index in [9.17, 15) is 0 Å².